The second-order valence-corrected chi connectivity index (χ2v) is 8.15. The maximum absolute atomic E-state index is 12.2. The van der Waals surface area contributed by atoms with Crippen LogP contribution in [0.1, 0.15) is 65.2 Å². The molecule has 2 rings (SSSR count). The summed E-state index contributed by atoms with van der Waals surface area (Å²) in [7, 11) is 0. The van der Waals surface area contributed by atoms with E-state index in [1.807, 2.05) is 0 Å². The number of rotatable bonds is 6. The van der Waals surface area contributed by atoms with Gasteiger partial charge in [0.15, 0.2) is 0 Å². The number of halogens is 1. The van der Waals surface area contributed by atoms with E-state index in [1.165, 1.54) is 25.7 Å². The van der Waals surface area contributed by atoms with Crippen molar-refractivity contribution >= 4 is 5.97 Å². The minimum atomic E-state index is -0.222. The van der Waals surface area contributed by atoms with Gasteiger partial charge in [-0.1, -0.05) is 0 Å². The van der Waals surface area contributed by atoms with Gasteiger partial charge in [0, 0.05) is 0 Å². The van der Waals surface area contributed by atoms with Gasteiger partial charge in [-0.15, -0.1) is 0 Å². The quantitative estimate of drug-likeness (QED) is 0.179. The predicted molar refractivity (Wildman–Crippen MR) is 63.0 cm³/mol. The molecule has 3 nitrogen and oxygen atoms in total. The first-order valence-electron chi connectivity index (χ1n) is 6.82. The zero-order chi connectivity index (χ0) is 12.4. The van der Waals surface area contributed by atoms with Gasteiger partial charge >= 0.3 is 115 Å². The maximum atomic E-state index is 12.2. The third-order valence-corrected chi connectivity index (χ3v) is 6.99. The van der Waals surface area contributed by atoms with Crippen LogP contribution in [-0.4, -0.2) is 15.1 Å². The van der Waals surface area contributed by atoms with E-state index < -0.39 is 0 Å². The van der Waals surface area contributed by atoms with E-state index in [2.05, 4.69) is 17.4 Å². The van der Waals surface area contributed by atoms with Crippen molar-refractivity contribution in [1.82, 2.24) is 3.53 Å². The summed E-state index contributed by atoms with van der Waals surface area (Å²) in [6.45, 7) is 4.28. The number of ether oxygens (including phenoxy) is 1. The first kappa shape index (κ1) is 13.6. The molecule has 1 atom stereocenters. The third kappa shape index (κ3) is 2.95. The molecular formula is C13H23INO2-. The van der Waals surface area contributed by atoms with E-state index in [9.17, 15) is 4.79 Å². The standard InChI is InChI=1S/C13H23INO2/c1-3-5-8-12(9-6-7-10-12)17-11(16)13(4-2)14-15-13/h15H,3-10H2,1-2H3/q-1. The fourth-order valence-corrected chi connectivity index (χ4v) is 4.25. The SMILES string of the molecule is CCCCC1(OC(=O)C2(CC)N[I-]2)CCCC1. The first-order valence-corrected chi connectivity index (χ1v) is 8.98. The van der Waals surface area contributed by atoms with Crippen molar-refractivity contribution in [3.8, 4) is 0 Å². The summed E-state index contributed by atoms with van der Waals surface area (Å²) < 4.78 is 9.00. The van der Waals surface area contributed by atoms with Crippen LogP contribution < -0.4 is 25.0 Å². The van der Waals surface area contributed by atoms with Crippen LogP contribution in [0.15, 0.2) is 0 Å². The molecule has 0 bridgehead atoms. The Hall–Kier alpha value is 0.160. The second kappa shape index (κ2) is 5.43. The van der Waals surface area contributed by atoms with Gasteiger partial charge in [0.2, 0.25) is 0 Å². The molecule has 0 aromatic heterocycles. The van der Waals surface area contributed by atoms with Gasteiger partial charge in [0.05, 0.1) is 0 Å². The van der Waals surface area contributed by atoms with Crippen molar-refractivity contribution < 1.29 is 31.0 Å². The van der Waals surface area contributed by atoms with Crippen molar-refractivity contribution in [2.24, 2.45) is 0 Å². The van der Waals surface area contributed by atoms with E-state index in [0.717, 1.165) is 25.7 Å². The molecule has 0 spiro atoms. The molecule has 0 aromatic rings. The zero-order valence-corrected chi connectivity index (χ0v) is 13.0. The summed E-state index contributed by atoms with van der Waals surface area (Å²) in [6.07, 6.45) is 8.92. The van der Waals surface area contributed by atoms with Crippen molar-refractivity contribution in [3.63, 3.8) is 0 Å². The Bertz CT molecular complexity index is 283. The summed E-state index contributed by atoms with van der Waals surface area (Å²) in [5.41, 5.74) is -0.108. The van der Waals surface area contributed by atoms with Gasteiger partial charge < -0.3 is 0 Å². The topological polar surface area (TPSA) is 48.2 Å². The van der Waals surface area contributed by atoms with E-state index in [0.29, 0.717) is 0 Å². The van der Waals surface area contributed by atoms with Crippen LogP contribution in [0.2, 0.25) is 0 Å². The summed E-state index contributed by atoms with van der Waals surface area (Å²) in [6, 6.07) is 0. The second-order valence-electron chi connectivity index (χ2n) is 5.23. The van der Waals surface area contributed by atoms with Crippen LogP contribution in [0, 0.1) is 0 Å². The van der Waals surface area contributed by atoms with Gasteiger partial charge in [-0.3, -0.25) is 0 Å². The van der Waals surface area contributed by atoms with E-state index in [4.69, 9.17) is 4.74 Å². The molecule has 2 fully saturated rings. The van der Waals surface area contributed by atoms with Gasteiger partial charge in [0.25, 0.3) is 0 Å². The van der Waals surface area contributed by atoms with Crippen LogP contribution in [0.5, 0.6) is 0 Å². The molecule has 1 heterocycles. The minimum absolute atomic E-state index is 0.0470. The number of hydrogen-bond acceptors (Lipinski definition) is 3. The van der Waals surface area contributed by atoms with Crippen molar-refractivity contribution in [2.45, 2.75) is 74.4 Å². The Kier molecular flexibility index (Phi) is 4.34. The Morgan fingerprint density at radius 1 is 1.35 bits per heavy atom. The molecule has 1 aliphatic heterocycles. The first-order chi connectivity index (χ1) is 8.16. The Morgan fingerprint density at radius 3 is 2.47 bits per heavy atom. The molecule has 0 radical (unpaired) electrons. The Balaban J connectivity index is 1.95. The Labute approximate surface area is 115 Å². The predicted octanol–water partition coefficient (Wildman–Crippen LogP) is -0.254. The summed E-state index contributed by atoms with van der Waals surface area (Å²) >= 11 is -0.136. The molecule has 1 unspecified atom stereocenters. The van der Waals surface area contributed by atoms with E-state index in [-0.39, 0.29) is 36.6 Å². The molecule has 2 aliphatic rings. The van der Waals surface area contributed by atoms with Crippen LogP contribution >= 0.6 is 0 Å². The zero-order valence-electron chi connectivity index (χ0n) is 10.9. The molecular weight excluding hydrogens is 329 g/mol. The average molecular weight is 352 g/mol. The monoisotopic (exact) mass is 352 g/mol. The van der Waals surface area contributed by atoms with Crippen molar-refractivity contribution in [2.75, 3.05) is 0 Å². The number of unbranched alkanes of at least 4 members (excludes halogenated alkanes) is 1. The van der Waals surface area contributed by atoms with E-state index >= 15 is 0 Å². The molecule has 1 N–H and O–H groups in total. The Morgan fingerprint density at radius 2 is 2.00 bits per heavy atom. The van der Waals surface area contributed by atoms with Crippen molar-refractivity contribution in [1.29, 1.82) is 0 Å². The molecule has 1 saturated carbocycles. The summed E-state index contributed by atoms with van der Waals surface area (Å²) in [4.78, 5) is 12.2. The van der Waals surface area contributed by atoms with Crippen LogP contribution in [-0.2, 0) is 9.53 Å². The number of hydrogen-bond donors (Lipinski definition) is 1. The van der Waals surface area contributed by atoms with Crippen molar-refractivity contribution in [3.05, 3.63) is 0 Å². The molecule has 0 aromatic carbocycles. The van der Waals surface area contributed by atoms with Crippen LogP contribution in [0.25, 0.3) is 0 Å². The van der Waals surface area contributed by atoms with Gasteiger partial charge in [-0.05, 0) is 0 Å². The van der Waals surface area contributed by atoms with Gasteiger partial charge in [-0.2, -0.15) is 0 Å². The molecule has 1 saturated heterocycles. The molecule has 4 heteroatoms. The molecule has 1 aliphatic carbocycles. The number of nitrogens with one attached hydrogen (secondary N) is 1. The normalized spacial score (nSPS) is 30.7. The fraction of sp³-hybridized carbons (Fsp3) is 0.923. The summed E-state index contributed by atoms with van der Waals surface area (Å²) in [5, 5.41) is 0. The number of alkyl halides is 1. The number of carbonyl (C=O) groups is 1. The fourth-order valence-electron chi connectivity index (χ4n) is 2.61. The third-order valence-electron chi connectivity index (χ3n) is 3.94. The average Bonchev–Trinajstić information content (AvgIpc) is 3.02. The summed E-state index contributed by atoms with van der Waals surface area (Å²) in [5.74, 6) is 0.0470. The molecule has 0 amide bonds. The van der Waals surface area contributed by atoms with Gasteiger partial charge in [-0.25, -0.2) is 0 Å². The number of esters is 1. The number of carbonyl (C=O) groups excluding carboxylic acids is 1. The molecule has 100 valence electrons. The molecule has 17 heavy (non-hydrogen) atoms. The van der Waals surface area contributed by atoms with Crippen LogP contribution in [0.3, 0.4) is 0 Å². The van der Waals surface area contributed by atoms with E-state index in [1.54, 1.807) is 0 Å². The van der Waals surface area contributed by atoms with Gasteiger partial charge in [0.1, 0.15) is 0 Å². The van der Waals surface area contributed by atoms with Crippen LogP contribution in [0.4, 0.5) is 0 Å².